The van der Waals surface area contributed by atoms with E-state index in [9.17, 15) is 9.59 Å². The molecule has 1 aliphatic heterocycles. The summed E-state index contributed by atoms with van der Waals surface area (Å²) in [6.07, 6.45) is 4.42. The molecule has 25 heavy (non-hydrogen) atoms. The van der Waals surface area contributed by atoms with E-state index >= 15 is 0 Å². The van der Waals surface area contributed by atoms with Crippen LogP contribution in [0.2, 0.25) is 0 Å². The van der Waals surface area contributed by atoms with E-state index < -0.39 is 0 Å². The second-order valence-electron chi connectivity index (χ2n) is 6.56. The number of rotatable bonds is 4. The zero-order valence-electron chi connectivity index (χ0n) is 13.9. The van der Waals surface area contributed by atoms with Crippen LogP contribution in [-0.4, -0.2) is 23.4 Å². The summed E-state index contributed by atoms with van der Waals surface area (Å²) in [5.74, 6) is 0.808. The van der Waals surface area contributed by atoms with Crippen LogP contribution in [0.3, 0.4) is 0 Å². The molecule has 1 aromatic carbocycles. The predicted molar refractivity (Wildman–Crippen MR) is 92.2 cm³/mol. The summed E-state index contributed by atoms with van der Waals surface area (Å²) in [4.78, 5) is 28.0. The summed E-state index contributed by atoms with van der Waals surface area (Å²) >= 11 is 0. The summed E-state index contributed by atoms with van der Waals surface area (Å²) in [7, 11) is 0. The number of anilines is 1. The Morgan fingerprint density at radius 1 is 1.40 bits per heavy atom. The first-order valence-corrected chi connectivity index (χ1v) is 8.38. The molecular formula is C19H19N3O3. The highest BCUT2D eigenvalue weighted by atomic mass is 16.5. The van der Waals surface area contributed by atoms with Crippen LogP contribution < -0.4 is 15.4 Å². The molecule has 0 saturated heterocycles. The first-order valence-electron chi connectivity index (χ1n) is 8.38. The fraction of sp³-hybridized carbons (Fsp3) is 0.316. The number of pyridine rings is 1. The average molecular weight is 337 g/mol. The Labute approximate surface area is 145 Å². The van der Waals surface area contributed by atoms with E-state index in [1.54, 1.807) is 6.20 Å². The molecule has 1 saturated carbocycles. The Morgan fingerprint density at radius 2 is 2.28 bits per heavy atom. The van der Waals surface area contributed by atoms with E-state index in [-0.39, 0.29) is 36.3 Å². The topological polar surface area (TPSA) is 80.3 Å². The molecule has 0 radical (unpaired) electrons. The van der Waals surface area contributed by atoms with Crippen molar-refractivity contribution in [3.8, 4) is 5.75 Å². The van der Waals surface area contributed by atoms with Crippen molar-refractivity contribution < 1.29 is 14.3 Å². The molecular weight excluding hydrogens is 318 g/mol. The molecule has 6 nitrogen and oxygen atoms in total. The predicted octanol–water partition coefficient (Wildman–Crippen LogP) is 2.39. The number of carbonyl (C=O) groups excluding carboxylic acids is 2. The highest BCUT2D eigenvalue weighted by Crippen LogP contribution is 2.47. The van der Waals surface area contributed by atoms with Crippen molar-refractivity contribution in [2.24, 2.45) is 5.92 Å². The molecule has 0 bridgehead atoms. The van der Waals surface area contributed by atoms with Gasteiger partial charge in [-0.05, 0) is 48.6 Å². The van der Waals surface area contributed by atoms with Crippen molar-refractivity contribution in [1.29, 1.82) is 0 Å². The molecule has 128 valence electrons. The number of aromatic nitrogens is 1. The molecule has 2 aromatic rings. The minimum absolute atomic E-state index is 0.00677. The van der Waals surface area contributed by atoms with Crippen molar-refractivity contribution in [3.63, 3.8) is 0 Å². The number of fused-ring (bicyclic) bond motifs is 1. The van der Waals surface area contributed by atoms with Crippen LogP contribution in [0.15, 0.2) is 42.7 Å². The Balaban J connectivity index is 1.41. The van der Waals surface area contributed by atoms with E-state index in [1.807, 2.05) is 43.5 Å². The number of nitrogens with zero attached hydrogens (tertiary/aromatic N) is 1. The average Bonchev–Trinajstić information content (AvgIpc) is 3.42. The summed E-state index contributed by atoms with van der Waals surface area (Å²) in [5, 5.41) is 5.85. The molecule has 2 amide bonds. The van der Waals surface area contributed by atoms with Gasteiger partial charge in [0.2, 0.25) is 5.91 Å². The minimum Gasteiger partial charge on any atom is -0.482 e. The van der Waals surface area contributed by atoms with Gasteiger partial charge in [0.25, 0.3) is 5.91 Å². The van der Waals surface area contributed by atoms with Gasteiger partial charge in [0.1, 0.15) is 5.75 Å². The van der Waals surface area contributed by atoms with Gasteiger partial charge in [-0.15, -0.1) is 0 Å². The molecule has 1 aliphatic carbocycles. The van der Waals surface area contributed by atoms with Crippen molar-refractivity contribution in [3.05, 3.63) is 53.9 Å². The summed E-state index contributed by atoms with van der Waals surface area (Å²) in [6, 6.07) is 9.35. The van der Waals surface area contributed by atoms with Gasteiger partial charge in [-0.25, -0.2) is 0 Å². The zero-order valence-corrected chi connectivity index (χ0v) is 13.9. The molecule has 3 atom stereocenters. The minimum atomic E-state index is -0.168. The Bertz CT molecular complexity index is 822. The number of hydrogen-bond donors (Lipinski definition) is 2. The lowest BCUT2D eigenvalue weighted by molar-refractivity contribution is -0.123. The smallest absolute Gasteiger partial charge is 0.262 e. The number of ether oxygens (including phenoxy) is 1. The lowest BCUT2D eigenvalue weighted by atomic mass is 10.1. The molecule has 1 aromatic heterocycles. The SMILES string of the molecule is C[C@H](NC(=O)[C@@H]1C[C@@H]1c1cccnc1)c1ccc2c(c1)NC(=O)CO2. The van der Waals surface area contributed by atoms with Gasteiger partial charge in [-0.3, -0.25) is 14.6 Å². The first-order chi connectivity index (χ1) is 12.1. The zero-order chi connectivity index (χ0) is 17.4. The molecule has 6 heteroatoms. The number of amides is 2. The first kappa shape index (κ1) is 15.6. The summed E-state index contributed by atoms with van der Waals surface area (Å²) in [6.45, 7) is 1.97. The van der Waals surface area contributed by atoms with Crippen LogP contribution in [0.25, 0.3) is 0 Å². The van der Waals surface area contributed by atoms with Crippen molar-refractivity contribution in [1.82, 2.24) is 10.3 Å². The summed E-state index contributed by atoms with van der Waals surface area (Å²) < 4.78 is 5.36. The van der Waals surface area contributed by atoms with Crippen LogP contribution in [0, 0.1) is 5.92 Å². The van der Waals surface area contributed by atoms with Crippen molar-refractivity contribution in [2.75, 3.05) is 11.9 Å². The second kappa shape index (κ2) is 6.20. The maximum absolute atomic E-state index is 12.5. The largest absolute Gasteiger partial charge is 0.482 e. The molecule has 2 heterocycles. The van der Waals surface area contributed by atoms with Gasteiger partial charge >= 0.3 is 0 Å². The normalized spacial score (nSPS) is 22.2. The Morgan fingerprint density at radius 3 is 3.08 bits per heavy atom. The molecule has 2 N–H and O–H groups in total. The van der Waals surface area contributed by atoms with Gasteiger partial charge in [0, 0.05) is 18.3 Å². The molecule has 2 aliphatic rings. The maximum atomic E-state index is 12.5. The lowest BCUT2D eigenvalue weighted by Gasteiger charge is -2.21. The molecule has 0 spiro atoms. The highest BCUT2D eigenvalue weighted by Gasteiger charge is 2.44. The van der Waals surface area contributed by atoms with Gasteiger partial charge in [0.05, 0.1) is 11.7 Å². The maximum Gasteiger partial charge on any atom is 0.262 e. The van der Waals surface area contributed by atoms with Crippen LogP contribution in [0.4, 0.5) is 5.69 Å². The van der Waals surface area contributed by atoms with E-state index in [2.05, 4.69) is 15.6 Å². The number of benzene rings is 1. The summed E-state index contributed by atoms with van der Waals surface area (Å²) in [5.41, 5.74) is 2.69. The number of hydrogen-bond acceptors (Lipinski definition) is 4. The van der Waals surface area contributed by atoms with E-state index in [4.69, 9.17) is 4.74 Å². The van der Waals surface area contributed by atoms with E-state index in [0.717, 1.165) is 17.5 Å². The molecule has 0 unspecified atom stereocenters. The van der Waals surface area contributed by atoms with Gasteiger partial charge in [-0.1, -0.05) is 12.1 Å². The third kappa shape index (κ3) is 3.20. The second-order valence-corrected chi connectivity index (χ2v) is 6.56. The highest BCUT2D eigenvalue weighted by molar-refractivity contribution is 5.95. The fourth-order valence-corrected chi connectivity index (χ4v) is 3.22. The molecule has 1 fully saturated rings. The molecule has 4 rings (SSSR count). The quantitative estimate of drug-likeness (QED) is 0.898. The van der Waals surface area contributed by atoms with Crippen LogP contribution in [0.1, 0.15) is 36.4 Å². The number of carbonyl (C=O) groups is 2. The van der Waals surface area contributed by atoms with Gasteiger partial charge in [-0.2, -0.15) is 0 Å². The third-order valence-corrected chi connectivity index (χ3v) is 4.74. The van der Waals surface area contributed by atoms with Gasteiger partial charge < -0.3 is 15.4 Å². The number of nitrogens with one attached hydrogen (secondary N) is 2. The third-order valence-electron chi connectivity index (χ3n) is 4.74. The van der Waals surface area contributed by atoms with E-state index in [1.165, 1.54) is 0 Å². The van der Waals surface area contributed by atoms with Gasteiger partial charge in [0.15, 0.2) is 6.61 Å². The van der Waals surface area contributed by atoms with Crippen molar-refractivity contribution >= 4 is 17.5 Å². The standard InChI is InChI=1S/C19H19N3O3/c1-11(12-4-5-17-16(7-12)22-18(23)10-25-17)21-19(24)15-8-14(15)13-3-2-6-20-9-13/h2-7,9,11,14-15H,8,10H2,1H3,(H,21,24)(H,22,23)/t11-,14+,15+/m0/s1. The lowest BCUT2D eigenvalue weighted by Crippen LogP contribution is -2.29. The fourth-order valence-electron chi connectivity index (χ4n) is 3.22. The monoisotopic (exact) mass is 337 g/mol. The van der Waals surface area contributed by atoms with Crippen LogP contribution in [0.5, 0.6) is 5.75 Å². The van der Waals surface area contributed by atoms with Crippen molar-refractivity contribution in [2.45, 2.75) is 25.3 Å². The van der Waals surface area contributed by atoms with Crippen LogP contribution in [-0.2, 0) is 9.59 Å². The Hall–Kier alpha value is -2.89. The Kier molecular flexibility index (Phi) is 3.87. The van der Waals surface area contributed by atoms with E-state index in [0.29, 0.717) is 11.4 Å². The van der Waals surface area contributed by atoms with Crippen LogP contribution >= 0.6 is 0 Å².